The van der Waals surface area contributed by atoms with Crippen molar-refractivity contribution < 1.29 is 4.79 Å². The average Bonchev–Trinajstić information content (AvgIpc) is 3.33. The normalized spacial score (nSPS) is 11.1. The van der Waals surface area contributed by atoms with E-state index in [4.69, 9.17) is 23.2 Å². The van der Waals surface area contributed by atoms with Crippen LogP contribution in [0.15, 0.2) is 53.4 Å². The highest BCUT2D eigenvalue weighted by atomic mass is 35.5. The third-order valence-electron chi connectivity index (χ3n) is 4.44. The molecule has 0 fully saturated rings. The fourth-order valence-electron chi connectivity index (χ4n) is 3.01. The Kier molecular flexibility index (Phi) is 5.35. The fourth-order valence-corrected chi connectivity index (χ4v) is 3.86. The molecular formula is C20H16Cl2N4OS. The van der Waals surface area contributed by atoms with E-state index in [1.165, 1.54) is 11.3 Å². The van der Waals surface area contributed by atoms with Gasteiger partial charge in [0.05, 0.1) is 26.6 Å². The van der Waals surface area contributed by atoms with Crippen LogP contribution in [0.25, 0.3) is 22.6 Å². The van der Waals surface area contributed by atoms with E-state index in [2.05, 4.69) is 9.97 Å². The molecule has 0 aliphatic heterocycles. The zero-order valence-electron chi connectivity index (χ0n) is 15.0. The van der Waals surface area contributed by atoms with E-state index in [-0.39, 0.29) is 12.5 Å². The molecule has 2 aromatic carbocycles. The number of nitrogens with zero attached hydrogens (tertiary/aromatic N) is 4. The van der Waals surface area contributed by atoms with Crippen molar-refractivity contribution in [1.82, 2.24) is 19.4 Å². The molecule has 4 rings (SSSR count). The first-order valence-electron chi connectivity index (χ1n) is 8.54. The number of carbonyl (C=O) groups excluding carboxylic acids is 1. The highest BCUT2D eigenvalue weighted by Gasteiger charge is 2.18. The van der Waals surface area contributed by atoms with Crippen molar-refractivity contribution >= 4 is 51.5 Å². The molecule has 142 valence electrons. The minimum atomic E-state index is -0.0364. The van der Waals surface area contributed by atoms with Crippen molar-refractivity contribution in [3.8, 4) is 11.5 Å². The van der Waals surface area contributed by atoms with Crippen LogP contribution in [0.3, 0.4) is 0 Å². The van der Waals surface area contributed by atoms with E-state index < -0.39 is 0 Å². The molecule has 0 N–H and O–H groups in total. The van der Waals surface area contributed by atoms with Gasteiger partial charge in [0.2, 0.25) is 5.91 Å². The second-order valence-electron chi connectivity index (χ2n) is 6.38. The van der Waals surface area contributed by atoms with Crippen molar-refractivity contribution in [2.75, 3.05) is 7.05 Å². The zero-order valence-corrected chi connectivity index (χ0v) is 17.3. The summed E-state index contributed by atoms with van der Waals surface area (Å²) in [5.41, 5.74) is 5.19. The average molecular weight is 431 g/mol. The SMILES string of the molecule is CN(Cc1ccc(Cl)c(Cl)c1)C(=O)Cn1c(-c2cscn2)nc2ccccc21. The summed E-state index contributed by atoms with van der Waals surface area (Å²) in [6.07, 6.45) is 0. The van der Waals surface area contributed by atoms with Gasteiger partial charge in [-0.05, 0) is 29.8 Å². The molecule has 1 amide bonds. The van der Waals surface area contributed by atoms with Gasteiger partial charge in [-0.1, -0.05) is 41.4 Å². The number of rotatable bonds is 5. The molecule has 0 radical (unpaired) electrons. The molecule has 0 bridgehead atoms. The quantitative estimate of drug-likeness (QED) is 0.441. The number of fused-ring (bicyclic) bond motifs is 1. The lowest BCUT2D eigenvalue weighted by Crippen LogP contribution is -2.30. The molecule has 0 atom stereocenters. The number of halogens is 2. The Morgan fingerprint density at radius 2 is 2.00 bits per heavy atom. The van der Waals surface area contributed by atoms with Crippen LogP contribution < -0.4 is 0 Å². The molecule has 8 heteroatoms. The number of benzene rings is 2. The third kappa shape index (κ3) is 3.76. The maximum absolute atomic E-state index is 12.9. The standard InChI is InChI=1S/C20H16Cl2N4OS/c1-25(9-13-6-7-14(21)15(22)8-13)19(27)10-26-18-5-3-2-4-16(18)24-20(26)17-11-28-12-23-17/h2-8,11-12H,9-10H2,1H3. The van der Waals surface area contributed by atoms with Crippen LogP contribution in [0, 0.1) is 0 Å². The molecule has 4 aromatic rings. The molecule has 28 heavy (non-hydrogen) atoms. The van der Waals surface area contributed by atoms with Crippen LogP contribution in [0.5, 0.6) is 0 Å². The summed E-state index contributed by atoms with van der Waals surface area (Å²) in [7, 11) is 1.77. The lowest BCUT2D eigenvalue weighted by molar-refractivity contribution is -0.130. The molecule has 0 aliphatic rings. The van der Waals surface area contributed by atoms with Gasteiger partial charge in [0.15, 0.2) is 5.82 Å². The second kappa shape index (κ2) is 7.91. The van der Waals surface area contributed by atoms with E-state index in [0.717, 1.165) is 22.3 Å². The number of para-hydroxylation sites is 2. The Labute approximate surface area is 176 Å². The summed E-state index contributed by atoms with van der Waals surface area (Å²) in [5.74, 6) is 0.657. The second-order valence-corrected chi connectivity index (χ2v) is 7.92. The number of aromatic nitrogens is 3. The first-order valence-corrected chi connectivity index (χ1v) is 10.2. The minimum Gasteiger partial charge on any atom is -0.340 e. The van der Waals surface area contributed by atoms with Crippen LogP contribution in [-0.2, 0) is 17.9 Å². The Morgan fingerprint density at radius 1 is 1.18 bits per heavy atom. The monoisotopic (exact) mass is 430 g/mol. The first kappa shape index (κ1) is 18.9. The van der Waals surface area contributed by atoms with Gasteiger partial charge in [-0.2, -0.15) is 0 Å². The van der Waals surface area contributed by atoms with Gasteiger partial charge in [0, 0.05) is 19.0 Å². The van der Waals surface area contributed by atoms with Crippen molar-refractivity contribution in [1.29, 1.82) is 0 Å². The van der Waals surface area contributed by atoms with Crippen LogP contribution in [-0.4, -0.2) is 32.4 Å². The van der Waals surface area contributed by atoms with Gasteiger partial charge in [-0.3, -0.25) is 4.79 Å². The summed E-state index contributed by atoms with van der Waals surface area (Å²) in [6.45, 7) is 0.611. The zero-order chi connectivity index (χ0) is 19.7. The Hall–Kier alpha value is -2.41. The maximum Gasteiger partial charge on any atom is 0.242 e. The number of likely N-dealkylation sites (N-methyl/N-ethyl adjacent to an activating group) is 1. The van der Waals surface area contributed by atoms with Crippen molar-refractivity contribution in [3.63, 3.8) is 0 Å². The summed E-state index contributed by atoms with van der Waals surface area (Å²) in [6, 6.07) is 13.2. The summed E-state index contributed by atoms with van der Waals surface area (Å²) in [4.78, 5) is 23.6. The Balaban J connectivity index is 1.61. The van der Waals surface area contributed by atoms with Crippen molar-refractivity contribution in [3.05, 3.63) is 69.0 Å². The molecule has 2 heterocycles. The van der Waals surface area contributed by atoms with E-state index in [0.29, 0.717) is 22.4 Å². The number of amides is 1. The topological polar surface area (TPSA) is 51.0 Å². The Bertz CT molecular complexity index is 1140. The molecule has 0 saturated heterocycles. The van der Waals surface area contributed by atoms with E-state index in [1.807, 2.05) is 40.3 Å². The summed E-state index contributed by atoms with van der Waals surface area (Å²) >= 11 is 13.5. The lowest BCUT2D eigenvalue weighted by Gasteiger charge is -2.19. The van der Waals surface area contributed by atoms with Crippen LogP contribution in [0.1, 0.15) is 5.56 Å². The highest BCUT2D eigenvalue weighted by Crippen LogP contribution is 2.26. The van der Waals surface area contributed by atoms with E-state index in [9.17, 15) is 4.79 Å². The van der Waals surface area contributed by atoms with Crippen LogP contribution in [0.2, 0.25) is 10.0 Å². The predicted molar refractivity (Wildman–Crippen MR) is 114 cm³/mol. The molecular weight excluding hydrogens is 415 g/mol. The number of imidazole rings is 1. The predicted octanol–water partition coefficient (Wildman–Crippen LogP) is 5.13. The number of hydrogen-bond acceptors (Lipinski definition) is 4. The highest BCUT2D eigenvalue weighted by molar-refractivity contribution is 7.07. The molecule has 2 aromatic heterocycles. The molecule has 0 spiro atoms. The van der Waals surface area contributed by atoms with Crippen LogP contribution in [0.4, 0.5) is 0 Å². The van der Waals surface area contributed by atoms with E-state index >= 15 is 0 Å². The molecule has 0 aliphatic carbocycles. The molecule has 0 saturated carbocycles. The van der Waals surface area contributed by atoms with Gasteiger partial charge in [0.25, 0.3) is 0 Å². The third-order valence-corrected chi connectivity index (χ3v) is 5.76. The molecule has 5 nitrogen and oxygen atoms in total. The van der Waals surface area contributed by atoms with Gasteiger partial charge >= 0.3 is 0 Å². The molecule has 0 unspecified atom stereocenters. The maximum atomic E-state index is 12.9. The number of carbonyl (C=O) groups is 1. The number of thiazole rings is 1. The fraction of sp³-hybridized carbons (Fsp3) is 0.150. The summed E-state index contributed by atoms with van der Waals surface area (Å²) < 4.78 is 1.91. The summed E-state index contributed by atoms with van der Waals surface area (Å²) in [5, 5.41) is 2.91. The van der Waals surface area contributed by atoms with Crippen molar-refractivity contribution in [2.45, 2.75) is 13.1 Å². The van der Waals surface area contributed by atoms with Gasteiger partial charge < -0.3 is 9.47 Å². The van der Waals surface area contributed by atoms with Gasteiger partial charge in [-0.25, -0.2) is 9.97 Å². The van der Waals surface area contributed by atoms with Gasteiger partial charge in [0.1, 0.15) is 12.2 Å². The lowest BCUT2D eigenvalue weighted by atomic mass is 10.2. The van der Waals surface area contributed by atoms with Crippen molar-refractivity contribution in [2.24, 2.45) is 0 Å². The van der Waals surface area contributed by atoms with Gasteiger partial charge in [-0.15, -0.1) is 11.3 Å². The van der Waals surface area contributed by atoms with E-state index in [1.54, 1.807) is 29.6 Å². The smallest absolute Gasteiger partial charge is 0.242 e. The minimum absolute atomic E-state index is 0.0364. The number of hydrogen-bond donors (Lipinski definition) is 0. The first-order chi connectivity index (χ1) is 13.5. The Morgan fingerprint density at radius 3 is 2.75 bits per heavy atom. The van der Waals surface area contributed by atoms with Crippen LogP contribution >= 0.6 is 34.5 Å². The largest absolute Gasteiger partial charge is 0.340 e.